The van der Waals surface area contributed by atoms with Gasteiger partial charge in [-0.3, -0.25) is 4.79 Å². The lowest BCUT2D eigenvalue weighted by atomic mass is 10.1. The Morgan fingerprint density at radius 2 is 2.00 bits per heavy atom. The highest BCUT2D eigenvalue weighted by atomic mass is 16.8. The van der Waals surface area contributed by atoms with Crippen LogP contribution >= 0.6 is 0 Å². The van der Waals surface area contributed by atoms with Crippen molar-refractivity contribution in [1.29, 1.82) is 0 Å². The van der Waals surface area contributed by atoms with E-state index in [0.29, 0.717) is 6.42 Å². The van der Waals surface area contributed by atoms with Gasteiger partial charge in [0.15, 0.2) is 11.6 Å². The van der Waals surface area contributed by atoms with E-state index in [9.17, 15) is 4.79 Å². The van der Waals surface area contributed by atoms with E-state index in [1.165, 1.54) is 0 Å². The molecule has 70 valence electrons. The van der Waals surface area contributed by atoms with Gasteiger partial charge in [-0.05, 0) is 20.8 Å². The summed E-state index contributed by atoms with van der Waals surface area (Å²) in [5.41, 5.74) is 0. The van der Waals surface area contributed by atoms with Crippen LogP contribution in [-0.4, -0.2) is 23.8 Å². The molecule has 2 atom stereocenters. The molecule has 0 radical (unpaired) electrons. The van der Waals surface area contributed by atoms with Crippen molar-refractivity contribution < 1.29 is 14.3 Å². The van der Waals surface area contributed by atoms with Gasteiger partial charge in [-0.25, -0.2) is 0 Å². The molecular formula is C9H16O3. The zero-order valence-corrected chi connectivity index (χ0v) is 8.09. The normalized spacial score (nSPS) is 33.7. The van der Waals surface area contributed by atoms with Crippen molar-refractivity contribution in [2.24, 2.45) is 0 Å². The Kier molecular flexibility index (Phi) is 2.54. The third-order valence-electron chi connectivity index (χ3n) is 1.97. The Labute approximate surface area is 73.0 Å². The second-order valence-electron chi connectivity index (χ2n) is 3.58. The Hall–Kier alpha value is -0.410. The average Bonchev–Trinajstić information content (AvgIpc) is 2.23. The predicted molar refractivity (Wildman–Crippen MR) is 44.8 cm³/mol. The Morgan fingerprint density at radius 1 is 1.42 bits per heavy atom. The van der Waals surface area contributed by atoms with Gasteiger partial charge in [0.1, 0.15) is 6.10 Å². The molecule has 3 heteroatoms. The molecule has 1 saturated heterocycles. The van der Waals surface area contributed by atoms with E-state index in [1.807, 2.05) is 27.7 Å². The first-order valence-corrected chi connectivity index (χ1v) is 4.34. The molecule has 0 aromatic carbocycles. The quantitative estimate of drug-likeness (QED) is 0.633. The van der Waals surface area contributed by atoms with Gasteiger partial charge in [0.2, 0.25) is 0 Å². The average molecular weight is 172 g/mol. The first-order valence-electron chi connectivity index (χ1n) is 4.34. The summed E-state index contributed by atoms with van der Waals surface area (Å²) in [5, 5.41) is 0. The van der Waals surface area contributed by atoms with Crippen LogP contribution in [0.2, 0.25) is 0 Å². The Bertz CT molecular complexity index is 186. The maximum Gasteiger partial charge on any atom is 0.164 e. The lowest BCUT2D eigenvalue weighted by molar-refractivity contribution is -0.154. The van der Waals surface area contributed by atoms with Crippen molar-refractivity contribution in [2.75, 3.05) is 0 Å². The van der Waals surface area contributed by atoms with Crippen molar-refractivity contribution in [3.05, 3.63) is 0 Å². The van der Waals surface area contributed by atoms with Crippen LogP contribution in [0.4, 0.5) is 0 Å². The maximum atomic E-state index is 11.3. The molecule has 0 aliphatic carbocycles. The molecule has 0 N–H and O–H groups in total. The van der Waals surface area contributed by atoms with Crippen LogP contribution in [0.3, 0.4) is 0 Å². The van der Waals surface area contributed by atoms with E-state index in [2.05, 4.69) is 0 Å². The van der Waals surface area contributed by atoms with E-state index in [4.69, 9.17) is 9.47 Å². The number of Topliss-reactive ketones (excluding diaryl/α,β-unsaturated/α-hetero) is 1. The minimum Gasteiger partial charge on any atom is -0.344 e. The fourth-order valence-corrected chi connectivity index (χ4v) is 1.47. The third-order valence-corrected chi connectivity index (χ3v) is 1.97. The van der Waals surface area contributed by atoms with E-state index < -0.39 is 5.79 Å². The van der Waals surface area contributed by atoms with Gasteiger partial charge in [0.05, 0.1) is 6.10 Å². The number of ketones is 1. The van der Waals surface area contributed by atoms with Gasteiger partial charge in [-0.2, -0.15) is 0 Å². The minimum absolute atomic E-state index is 0.118. The molecule has 0 spiro atoms. The van der Waals surface area contributed by atoms with Gasteiger partial charge >= 0.3 is 0 Å². The SMILES string of the molecule is CCC(=O)[C@H]1OC(C)(C)O[C@@H]1C. The summed E-state index contributed by atoms with van der Waals surface area (Å²) in [5.74, 6) is -0.484. The molecular weight excluding hydrogens is 156 g/mol. The first-order chi connectivity index (χ1) is 5.46. The lowest BCUT2D eigenvalue weighted by Crippen LogP contribution is -2.29. The number of rotatable bonds is 2. The number of hydrogen-bond acceptors (Lipinski definition) is 3. The summed E-state index contributed by atoms with van der Waals surface area (Å²) >= 11 is 0. The van der Waals surface area contributed by atoms with Gasteiger partial charge in [0, 0.05) is 6.42 Å². The van der Waals surface area contributed by atoms with Crippen LogP contribution in [-0.2, 0) is 14.3 Å². The van der Waals surface area contributed by atoms with Crippen LogP contribution in [0.15, 0.2) is 0 Å². The number of ether oxygens (including phenoxy) is 2. The largest absolute Gasteiger partial charge is 0.344 e. The molecule has 1 aliphatic heterocycles. The topological polar surface area (TPSA) is 35.5 Å². The zero-order valence-electron chi connectivity index (χ0n) is 8.09. The summed E-state index contributed by atoms with van der Waals surface area (Å²) in [6.45, 7) is 7.36. The Balaban J connectivity index is 2.64. The monoisotopic (exact) mass is 172 g/mol. The van der Waals surface area contributed by atoms with Crippen LogP contribution in [0.5, 0.6) is 0 Å². The van der Waals surface area contributed by atoms with E-state index >= 15 is 0 Å². The molecule has 3 nitrogen and oxygen atoms in total. The zero-order chi connectivity index (χ0) is 9.35. The van der Waals surface area contributed by atoms with E-state index in [-0.39, 0.29) is 18.0 Å². The molecule has 0 aromatic heterocycles. The molecule has 0 saturated carbocycles. The molecule has 1 fully saturated rings. The highest BCUT2D eigenvalue weighted by Gasteiger charge is 2.41. The van der Waals surface area contributed by atoms with Crippen LogP contribution in [0.1, 0.15) is 34.1 Å². The number of carbonyl (C=O) groups excluding carboxylic acids is 1. The van der Waals surface area contributed by atoms with E-state index in [0.717, 1.165) is 0 Å². The number of carbonyl (C=O) groups is 1. The highest BCUT2D eigenvalue weighted by Crippen LogP contribution is 2.28. The molecule has 0 unspecified atom stereocenters. The maximum absolute atomic E-state index is 11.3. The van der Waals surface area contributed by atoms with E-state index in [1.54, 1.807) is 0 Å². The summed E-state index contributed by atoms with van der Waals surface area (Å²) in [4.78, 5) is 11.3. The van der Waals surface area contributed by atoms with Crippen LogP contribution < -0.4 is 0 Å². The van der Waals surface area contributed by atoms with Gasteiger partial charge < -0.3 is 9.47 Å². The van der Waals surface area contributed by atoms with Crippen LogP contribution in [0, 0.1) is 0 Å². The standard InChI is InChI=1S/C9H16O3/c1-5-7(10)8-6(2)11-9(3,4)12-8/h6,8H,5H2,1-4H3/t6-,8+/m1/s1. The minimum atomic E-state index is -0.602. The van der Waals surface area contributed by atoms with Gasteiger partial charge in [-0.1, -0.05) is 6.92 Å². The first kappa shape index (κ1) is 9.68. The Morgan fingerprint density at radius 3 is 2.33 bits per heavy atom. The number of hydrogen-bond donors (Lipinski definition) is 0. The molecule has 0 aromatic rings. The highest BCUT2D eigenvalue weighted by molar-refractivity contribution is 5.83. The van der Waals surface area contributed by atoms with Crippen LogP contribution in [0.25, 0.3) is 0 Å². The van der Waals surface area contributed by atoms with Crippen molar-refractivity contribution in [3.8, 4) is 0 Å². The fraction of sp³-hybridized carbons (Fsp3) is 0.889. The smallest absolute Gasteiger partial charge is 0.164 e. The third kappa shape index (κ3) is 1.84. The lowest BCUT2D eigenvalue weighted by Gasteiger charge is -2.16. The summed E-state index contributed by atoms with van der Waals surface area (Å²) in [6, 6.07) is 0. The molecule has 1 aliphatic rings. The second kappa shape index (κ2) is 3.15. The predicted octanol–water partition coefficient (Wildman–Crippen LogP) is 1.51. The fourth-order valence-electron chi connectivity index (χ4n) is 1.47. The molecule has 1 heterocycles. The molecule has 1 rings (SSSR count). The van der Waals surface area contributed by atoms with Gasteiger partial charge in [0.25, 0.3) is 0 Å². The summed E-state index contributed by atoms with van der Waals surface area (Å²) < 4.78 is 10.9. The molecule has 0 amide bonds. The van der Waals surface area contributed by atoms with Crippen molar-refractivity contribution in [3.63, 3.8) is 0 Å². The van der Waals surface area contributed by atoms with Crippen molar-refractivity contribution in [2.45, 2.75) is 52.1 Å². The molecule has 12 heavy (non-hydrogen) atoms. The summed E-state index contributed by atoms with van der Waals surface area (Å²) in [6.07, 6.45) is 0.0199. The molecule has 0 bridgehead atoms. The van der Waals surface area contributed by atoms with Crippen molar-refractivity contribution >= 4 is 5.78 Å². The second-order valence-corrected chi connectivity index (χ2v) is 3.58. The van der Waals surface area contributed by atoms with Crippen molar-refractivity contribution in [1.82, 2.24) is 0 Å². The summed E-state index contributed by atoms with van der Waals surface area (Å²) in [7, 11) is 0. The van der Waals surface area contributed by atoms with Gasteiger partial charge in [-0.15, -0.1) is 0 Å².